The molecule has 0 saturated carbocycles. The molecule has 1 atom stereocenters. The van der Waals surface area contributed by atoms with Gasteiger partial charge in [0.25, 0.3) is 0 Å². The quantitative estimate of drug-likeness (QED) is 0.900. The molecular weight excluding hydrogens is 284 g/mol. The summed E-state index contributed by atoms with van der Waals surface area (Å²) in [6.45, 7) is 6.27. The Morgan fingerprint density at radius 2 is 2.13 bits per heavy atom. The Hall–Kier alpha value is -2.10. The van der Waals surface area contributed by atoms with Crippen LogP contribution in [0.4, 0.5) is 11.6 Å². The minimum Gasteiger partial charge on any atom is -0.366 e. The van der Waals surface area contributed by atoms with Gasteiger partial charge in [-0.1, -0.05) is 36.8 Å². The van der Waals surface area contributed by atoms with Gasteiger partial charge in [-0.15, -0.1) is 0 Å². The number of nitrogens with one attached hydrogen (secondary N) is 1. The number of piperidine rings is 1. The first kappa shape index (κ1) is 15.8. The number of rotatable bonds is 5. The fourth-order valence-electron chi connectivity index (χ4n) is 3.34. The second-order valence-electron chi connectivity index (χ2n) is 6.36. The molecule has 1 fully saturated rings. The van der Waals surface area contributed by atoms with Gasteiger partial charge in [-0.25, -0.2) is 9.97 Å². The molecule has 1 aromatic heterocycles. The Bertz CT molecular complexity index is 641. The monoisotopic (exact) mass is 310 g/mol. The van der Waals surface area contributed by atoms with Crippen molar-refractivity contribution >= 4 is 11.6 Å². The first-order valence-corrected chi connectivity index (χ1v) is 8.64. The molecule has 1 saturated heterocycles. The van der Waals surface area contributed by atoms with Gasteiger partial charge in [0.1, 0.15) is 18.0 Å². The van der Waals surface area contributed by atoms with E-state index in [0.717, 1.165) is 24.7 Å². The highest BCUT2D eigenvalue weighted by Crippen LogP contribution is 2.25. The smallest absolute Gasteiger partial charge is 0.134 e. The van der Waals surface area contributed by atoms with E-state index in [-0.39, 0.29) is 0 Å². The highest BCUT2D eigenvalue weighted by Gasteiger charge is 2.22. The highest BCUT2D eigenvalue weighted by molar-refractivity contribution is 5.49. The Morgan fingerprint density at radius 3 is 2.96 bits per heavy atom. The van der Waals surface area contributed by atoms with Gasteiger partial charge in [-0.2, -0.15) is 0 Å². The van der Waals surface area contributed by atoms with Crippen molar-refractivity contribution in [1.82, 2.24) is 9.97 Å². The second-order valence-corrected chi connectivity index (χ2v) is 6.36. The maximum atomic E-state index is 4.51. The van der Waals surface area contributed by atoms with Crippen LogP contribution in [-0.2, 0) is 6.54 Å². The number of hydrogen-bond donors (Lipinski definition) is 1. The van der Waals surface area contributed by atoms with Gasteiger partial charge in [0, 0.05) is 25.2 Å². The molecule has 1 aliphatic rings. The molecule has 1 aromatic carbocycles. The van der Waals surface area contributed by atoms with E-state index in [9.17, 15) is 0 Å². The van der Waals surface area contributed by atoms with Crippen molar-refractivity contribution in [1.29, 1.82) is 0 Å². The average Bonchev–Trinajstić information content (AvgIpc) is 2.60. The lowest BCUT2D eigenvalue weighted by Gasteiger charge is -2.36. The number of anilines is 2. The van der Waals surface area contributed by atoms with Crippen LogP contribution in [0.1, 0.15) is 43.7 Å². The lowest BCUT2D eigenvalue weighted by molar-refractivity contribution is 0.446. The fraction of sp³-hybridized carbons (Fsp3) is 0.474. The molecule has 0 spiro atoms. The van der Waals surface area contributed by atoms with E-state index in [1.54, 1.807) is 6.33 Å². The normalized spacial score (nSPS) is 18.0. The van der Waals surface area contributed by atoms with Crippen molar-refractivity contribution in [2.24, 2.45) is 0 Å². The van der Waals surface area contributed by atoms with E-state index in [4.69, 9.17) is 0 Å². The Labute approximate surface area is 139 Å². The summed E-state index contributed by atoms with van der Waals surface area (Å²) in [6.07, 6.45) is 6.71. The first-order chi connectivity index (χ1) is 11.3. The lowest BCUT2D eigenvalue weighted by atomic mass is 10.0. The van der Waals surface area contributed by atoms with Crippen molar-refractivity contribution in [3.8, 4) is 0 Å². The summed E-state index contributed by atoms with van der Waals surface area (Å²) in [7, 11) is 0. The molecule has 4 nitrogen and oxygen atoms in total. The van der Waals surface area contributed by atoms with Crippen molar-refractivity contribution in [3.05, 3.63) is 47.8 Å². The first-order valence-electron chi connectivity index (χ1n) is 8.64. The van der Waals surface area contributed by atoms with E-state index in [1.165, 1.54) is 36.8 Å². The molecule has 0 radical (unpaired) electrons. The van der Waals surface area contributed by atoms with Crippen molar-refractivity contribution < 1.29 is 0 Å². The number of benzene rings is 1. The van der Waals surface area contributed by atoms with Crippen LogP contribution in [-0.4, -0.2) is 22.6 Å². The molecule has 1 unspecified atom stereocenters. The maximum absolute atomic E-state index is 4.51. The van der Waals surface area contributed by atoms with Crippen LogP contribution in [0.15, 0.2) is 36.7 Å². The Balaban J connectivity index is 1.69. The summed E-state index contributed by atoms with van der Waals surface area (Å²) in [5.74, 6) is 1.95. The Morgan fingerprint density at radius 1 is 1.22 bits per heavy atom. The minimum atomic E-state index is 0.614. The van der Waals surface area contributed by atoms with Gasteiger partial charge in [-0.3, -0.25) is 0 Å². The van der Waals surface area contributed by atoms with Crippen molar-refractivity contribution in [3.63, 3.8) is 0 Å². The number of aromatic nitrogens is 2. The number of aryl methyl sites for hydroxylation is 1. The summed E-state index contributed by atoms with van der Waals surface area (Å²) >= 11 is 0. The van der Waals surface area contributed by atoms with Crippen LogP contribution in [0.5, 0.6) is 0 Å². The zero-order valence-corrected chi connectivity index (χ0v) is 14.1. The maximum Gasteiger partial charge on any atom is 0.134 e. The van der Waals surface area contributed by atoms with Crippen LogP contribution in [0.2, 0.25) is 0 Å². The van der Waals surface area contributed by atoms with Crippen LogP contribution < -0.4 is 10.2 Å². The third-order valence-corrected chi connectivity index (χ3v) is 4.60. The zero-order chi connectivity index (χ0) is 16.1. The van der Waals surface area contributed by atoms with E-state index < -0.39 is 0 Å². The molecule has 2 heterocycles. The van der Waals surface area contributed by atoms with Crippen LogP contribution in [0.25, 0.3) is 0 Å². The molecule has 23 heavy (non-hydrogen) atoms. The summed E-state index contributed by atoms with van der Waals surface area (Å²) in [5, 5.41) is 3.42. The minimum absolute atomic E-state index is 0.614. The predicted molar refractivity (Wildman–Crippen MR) is 95.8 cm³/mol. The van der Waals surface area contributed by atoms with Gasteiger partial charge in [0.15, 0.2) is 0 Å². The van der Waals surface area contributed by atoms with E-state index in [0.29, 0.717) is 6.04 Å². The van der Waals surface area contributed by atoms with Crippen LogP contribution >= 0.6 is 0 Å². The highest BCUT2D eigenvalue weighted by atomic mass is 15.2. The van der Waals surface area contributed by atoms with Gasteiger partial charge in [-0.05, 0) is 38.2 Å². The topological polar surface area (TPSA) is 41.0 Å². The van der Waals surface area contributed by atoms with Crippen LogP contribution in [0.3, 0.4) is 0 Å². The summed E-state index contributed by atoms with van der Waals surface area (Å²) in [4.78, 5) is 11.3. The predicted octanol–water partition coefficient (Wildman–Crippen LogP) is 4.17. The standard InChI is InChI=1S/C19H26N4/c1-3-17-9-4-5-10-23(17)19-12-18(21-14-22-19)20-13-16-8-6-7-15(2)11-16/h6-8,11-12,14,17H,3-5,9-10,13H2,1-2H3,(H,20,21,22). The average molecular weight is 310 g/mol. The molecule has 2 aromatic rings. The third-order valence-electron chi connectivity index (χ3n) is 4.60. The van der Waals surface area contributed by atoms with Crippen LogP contribution in [0, 0.1) is 6.92 Å². The molecule has 122 valence electrons. The lowest BCUT2D eigenvalue weighted by Crippen LogP contribution is -2.39. The summed E-state index contributed by atoms with van der Waals surface area (Å²) < 4.78 is 0. The molecule has 0 bridgehead atoms. The molecule has 3 rings (SSSR count). The molecule has 4 heteroatoms. The SMILES string of the molecule is CCC1CCCCN1c1cc(NCc2cccc(C)c2)ncn1. The molecule has 0 aliphatic carbocycles. The van der Waals surface area contributed by atoms with E-state index in [1.807, 2.05) is 0 Å². The third kappa shape index (κ3) is 4.01. The van der Waals surface area contributed by atoms with Gasteiger partial charge >= 0.3 is 0 Å². The largest absolute Gasteiger partial charge is 0.366 e. The van der Waals surface area contributed by atoms with E-state index in [2.05, 4.69) is 64.4 Å². The molecule has 0 amide bonds. The Kier molecular flexibility index (Phi) is 5.11. The van der Waals surface area contributed by atoms with E-state index >= 15 is 0 Å². The molecular formula is C19H26N4. The number of hydrogen-bond acceptors (Lipinski definition) is 4. The van der Waals surface area contributed by atoms with Gasteiger partial charge in [0.2, 0.25) is 0 Å². The van der Waals surface area contributed by atoms with Gasteiger partial charge in [0.05, 0.1) is 0 Å². The molecule has 1 aliphatic heterocycles. The summed E-state index contributed by atoms with van der Waals surface area (Å²) in [5.41, 5.74) is 2.56. The second kappa shape index (κ2) is 7.44. The van der Waals surface area contributed by atoms with Crippen molar-refractivity contribution in [2.75, 3.05) is 16.8 Å². The number of nitrogens with zero attached hydrogens (tertiary/aromatic N) is 3. The van der Waals surface area contributed by atoms with Gasteiger partial charge < -0.3 is 10.2 Å². The fourth-order valence-corrected chi connectivity index (χ4v) is 3.34. The zero-order valence-electron chi connectivity index (χ0n) is 14.1. The van der Waals surface area contributed by atoms with Crippen molar-refractivity contribution in [2.45, 2.75) is 52.1 Å². The summed E-state index contributed by atoms with van der Waals surface area (Å²) in [6, 6.07) is 11.3. The molecule has 1 N–H and O–H groups in total.